The Morgan fingerprint density at radius 1 is 1.15 bits per heavy atom. The molecular weight excluding hydrogens is 513 g/mol. The number of benzene rings is 1. The quantitative estimate of drug-likeness (QED) is 0.437. The fourth-order valence-corrected chi connectivity index (χ4v) is 3.52. The molecule has 0 radical (unpaired) electrons. The van der Waals surface area contributed by atoms with E-state index in [1.165, 1.54) is 25.1 Å². The Hall–Kier alpha value is -2.24. The minimum absolute atomic E-state index is 0.0202. The van der Waals surface area contributed by atoms with Gasteiger partial charge in [0.1, 0.15) is 0 Å². The molecule has 2 N–H and O–H groups in total. The number of halogens is 8. The lowest BCUT2D eigenvalue weighted by Crippen LogP contribution is -2.42. The van der Waals surface area contributed by atoms with Crippen LogP contribution in [0.25, 0.3) is 11.1 Å². The monoisotopic (exact) mass is 530 g/mol. The van der Waals surface area contributed by atoms with Gasteiger partial charge in [-0.05, 0) is 49.4 Å². The maximum Gasteiger partial charge on any atom is 0.434 e. The Morgan fingerprint density at radius 3 is 2.32 bits per heavy atom. The second kappa shape index (κ2) is 9.43. The molecule has 34 heavy (non-hydrogen) atoms. The summed E-state index contributed by atoms with van der Waals surface area (Å²) in [5.41, 5.74) is -4.35. The van der Waals surface area contributed by atoms with Crippen LogP contribution in [0, 0.1) is 5.92 Å². The molecule has 3 rings (SSSR count). The predicted octanol–water partition coefficient (Wildman–Crippen LogP) is 5.91. The first-order chi connectivity index (χ1) is 15.6. The lowest BCUT2D eigenvalue weighted by Gasteiger charge is -2.24. The third-order valence-corrected chi connectivity index (χ3v) is 5.91. The highest BCUT2D eigenvalue weighted by molar-refractivity contribution is 6.42. The summed E-state index contributed by atoms with van der Waals surface area (Å²) in [7, 11) is 0. The molecule has 1 amide bonds. The van der Waals surface area contributed by atoms with Crippen molar-refractivity contribution in [2.45, 2.75) is 37.7 Å². The highest BCUT2D eigenvalue weighted by atomic mass is 35.5. The van der Waals surface area contributed by atoms with Crippen LogP contribution in [0.5, 0.6) is 5.88 Å². The summed E-state index contributed by atoms with van der Waals surface area (Å²) in [6.45, 7) is -0.799. The van der Waals surface area contributed by atoms with Gasteiger partial charge in [0.25, 0.3) is 5.91 Å². The first kappa shape index (κ1) is 26.4. The zero-order valence-electron chi connectivity index (χ0n) is 17.4. The van der Waals surface area contributed by atoms with E-state index in [2.05, 4.69) is 15.0 Å². The van der Waals surface area contributed by atoms with Crippen molar-refractivity contribution in [1.29, 1.82) is 0 Å². The van der Waals surface area contributed by atoms with Crippen molar-refractivity contribution >= 4 is 29.1 Å². The zero-order valence-corrected chi connectivity index (χ0v) is 19.0. The van der Waals surface area contributed by atoms with Crippen molar-refractivity contribution in [3.8, 4) is 17.0 Å². The number of nitrogens with zero attached hydrogens (tertiary/aromatic N) is 1. The van der Waals surface area contributed by atoms with Gasteiger partial charge >= 0.3 is 12.4 Å². The molecule has 0 saturated heterocycles. The fourth-order valence-electron chi connectivity index (χ4n) is 3.22. The molecule has 5 nitrogen and oxygen atoms in total. The molecule has 13 heteroatoms. The van der Waals surface area contributed by atoms with Gasteiger partial charge in [-0.15, -0.1) is 0 Å². The van der Waals surface area contributed by atoms with Crippen LogP contribution in [0.4, 0.5) is 26.3 Å². The number of alkyl halides is 6. The van der Waals surface area contributed by atoms with Crippen LogP contribution in [0.1, 0.15) is 35.8 Å². The zero-order chi connectivity index (χ0) is 25.5. The van der Waals surface area contributed by atoms with E-state index in [4.69, 9.17) is 23.2 Å². The summed E-state index contributed by atoms with van der Waals surface area (Å²) >= 11 is 11.8. The van der Waals surface area contributed by atoms with Gasteiger partial charge in [0.05, 0.1) is 21.2 Å². The standard InChI is InChI=1S/C21H18Cl2F6N2O3/c1-19(33,11-3-4-11)8-30-17(32)13-7-12(10-2-5-14(22)15(23)6-10)18(34-9-20(24,25)26)31-16(13)21(27,28)29/h2,5-7,11,33H,3-4,8-9H2,1H3,(H,30,32)/t19-/m0/s1. The number of carbonyl (C=O) groups excluding carboxylic acids is 1. The van der Waals surface area contributed by atoms with Crippen molar-refractivity contribution < 1.29 is 41.0 Å². The van der Waals surface area contributed by atoms with Crippen molar-refractivity contribution in [3.05, 3.63) is 45.6 Å². The van der Waals surface area contributed by atoms with E-state index in [0.717, 1.165) is 6.07 Å². The number of amides is 1. The molecule has 1 atom stereocenters. The van der Waals surface area contributed by atoms with Crippen LogP contribution in [0.15, 0.2) is 24.3 Å². The molecule has 1 heterocycles. The average molecular weight is 531 g/mol. The van der Waals surface area contributed by atoms with Crippen LogP contribution >= 0.6 is 23.2 Å². The Labute approximate surface area is 200 Å². The number of rotatable bonds is 7. The molecule has 1 aliphatic carbocycles. The topological polar surface area (TPSA) is 71.5 Å². The second-order valence-corrected chi connectivity index (χ2v) is 8.90. The molecule has 1 aromatic heterocycles. The number of hydrogen-bond donors (Lipinski definition) is 2. The molecule has 0 spiro atoms. The van der Waals surface area contributed by atoms with Crippen LogP contribution in [-0.2, 0) is 6.18 Å². The summed E-state index contributed by atoms with van der Waals surface area (Å²) in [5.74, 6) is -2.31. The van der Waals surface area contributed by atoms with E-state index in [1.807, 2.05) is 0 Å². The third-order valence-electron chi connectivity index (χ3n) is 5.17. The summed E-state index contributed by atoms with van der Waals surface area (Å²) < 4.78 is 83.9. The Balaban J connectivity index is 2.09. The predicted molar refractivity (Wildman–Crippen MR) is 112 cm³/mol. The summed E-state index contributed by atoms with van der Waals surface area (Å²) in [5, 5.41) is 12.7. The number of aromatic nitrogens is 1. The minimum atomic E-state index is -5.20. The highest BCUT2D eigenvalue weighted by Gasteiger charge is 2.42. The molecule has 0 bridgehead atoms. The number of pyridine rings is 1. The maximum absolute atomic E-state index is 13.7. The third kappa shape index (κ3) is 6.45. The second-order valence-electron chi connectivity index (χ2n) is 8.08. The summed E-state index contributed by atoms with van der Waals surface area (Å²) in [6, 6.07) is 4.46. The Kier molecular flexibility index (Phi) is 7.31. The number of ether oxygens (including phenoxy) is 1. The Morgan fingerprint density at radius 2 is 1.79 bits per heavy atom. The number of aliphatic hydroxyl groups is 1. The van der Waals surface area contributed by atoms with Gasteiger partial charge in [-0.2, -0.15) is 26.3 Å². The van der Waals surface area contributed by atoms with E-state index < -0.39 is 47.6 Å². The average Bonchev–Trinajstić information content (AvgIpc) is 3.57. The van der Waals surface area contributed by atoms with Gasteiger partial charge in [-0.3, -0.25) is 4.79 Å². The number of carbonyl (C=O) groups is 1. The number of hydrogen-bond acceptors (Lipinski definition) is 4. The van der Waals surface area contributed by atoms with Crippen LogP contribution in [0.2, 0.25) is 10.0 Å². The largest absolute Gasteiger partial charge is 0.468 e. The molecule has 1 aromatic carbocycles. The minimum Gasteiger partial charge on any atom is -0.468 e. The summed E-state index contributed by atoms with van der Waals surface area (Å²) in [6.07, 6.45) is -8.63. The SMILES string of the molecule is C[C@](O)(CNC(=O)c1cc(-c2ccc(Cl)c(Cl)c2)c(OCC(F)(F)F)nc1C(F)(F)F)C1CC1. The number of nitrogens with one attached hydrogen (secondary N) is 1. The van der Waals surface area contributed by atoms with E-state index in [1.54, 1.807) is 0 Å². The van der Waals surface area contributed by atoms with Crippen molar-refractivity contribution in [3.63, 3.8) is 0 Å². The van der Waals surface area contributed by atoms with Crippen LogP contribution < -0.4 is 10.1 Å². The van der Waals surface area contributed by atoms with Crippen molar-refractivity contribution in [1.82, 2.24) is 10.3 Å². The normalized spacial score (nSPS) is 16.2. The Bertz CT molecular complexity index is 1090. The van der Waals surface area contributed by atoms with Gasteiger partial charge in [-0.1, -0.05) is 29.3 Å². The van der Waals surface area contributed by atoms with Crippen LogP contribution in [-0.4, -0.2) is 40.9 Å². The van der Waals surface area contributed by atoms with Gasteiger partial charge in [-0.25, -0.2) is 4.98 Å². The van der Waals surface area contributed by atoms with Crippen LogP contribution in [0.3, 0.4) is 0 Å². The molecule has 2 aromatic rings. The first-order valence-electron chi connectivity index (χ1n) is 9.86. The van der Waals surface area contributed by atoms with Gasteiger partial charge < -0.3 is 15.2 Å². The van der Waals surface area contributed by atoms with Gasteiger partial charge in [0.15, 0.2) is 12.3 Å². The van der Waals surface area contributed by atoms with Crippen molar-refractivity contribution in [2.75, 3.05) is 13.2 Å². The molecule has 0 unspecified atom stereocenters. The lowest BCUT2D eigenvalue weighted by molar-refractivity contribution is -0.154. The first-order valence-corrected chi connectivity index (χ1v) is 10.6. The van der Waals surface area contributed by atoms with E-state index >= 15 is 0 Å². The van der Waals surface area contributed by atoms with E-state index in [9.17, 15) is 36.2 Å². The molecule has 186 valence electrons. The van der Waals surface area contributed by atoms with Gasteiger partial charge in [0, 0.05) is 12.1 Å². The van der Waals surface area contributed by atoms with E-state index in [-0.39, 0.29) is 33.6 Å². The summed E-state index contributed by atoms with van der Waals surface area (Å²) in [4.78, 5) is 15.9. The molecule has 1 aliphatic rings. The van der Waals surface area contributed by atoms with Crippen molar-refractivity contribution in [2.24, 2.45) is 5.92 Å². The molecule has 1 saturated carbocycles. The molecule has 0 aliphatic heterocycles. The lowest BCUT2D eigenvalue weighted by atomic mass is 9.99. The molecular formula is C21H18Cl2F6N2O3. The fraction of sp³-hybridized carbons (Fsp3) is 0.429. The van der Waals surface area contributed by atoms with E-state index in [0.29, 0.717) is 12.8 Å². The molecule has 1 fully saturated rings. The maximum atomic E-state index is 13.7. The smallest absolute Gasteiger partial charge is 0.434 e. The van der Waals surface area contributed by atoms with Gasteiger partial charge in [0.2, 0.25) is 5.88 Å². The highest BCUT2D eigenvalue weighted by Crippen LogP contribution is 2.40.